The number of hydrogen-bond donors (Lipinski definition) is 1. The fourth-order valence-corrected chi connectivity index (χ4v) is 7.65. The number of nitrogens with zero attached hydrogens (tertiary/aromatic N) is 1. The van der Waals surface area contributed by atoms with Crippen LogP contribution < -0.4 is 0 Å². The number of H-pyrrole nitrogens is 1. The first-order valence-electron chi connectivity index (χ1n) is 15.9. The summed E-state index contributed by atoms with van der Waals surface area (Å²) in [5.74, 6) is 0. The molecule has 8 aromatic carbocycles. The first-order valence-corrected chi connectivity index (χ1v) is 15.9. The molecule has 0 aliphatic carbocycles. The topological polar surface area (TPSA) is 20.7 Å². The van der Waals surface area contributed by atoms with E-state index in [1.54, 1.807) is 0 Å². The number of hydrogen-bond acceptors (Lipinski definition) is 0. The smallest absolute Gasteiger partial charge is 0.0619 e. The lowest BCUT2D eigenvalue weighted by molar-refractivity contribution is 1.19. The zero-order valence-corrected chi connectivity index (χ0v) is 25.0. The fraction of sp³-hybridized carbons (Fsp3) is 0. The van der Waals surface area contributed by atoms with Crippen molar-refractivity contribution in [1.29, 1.82) is 0 Å². The lowest BCUT2D eigenvalue weighted by atomic mass is 9.90. The lowest BCUT2D eigenvalue weighted by Gasteiger charge is -2.15. The molecule has 0 radical (unpaired) electrons. The average Bonchev–Trinajstić information content (AvgIpc) is 3.68. The number of fused-ring (bicyclic) bond motifs is 10. The summed E-state index contributed by atoms with van der Waals surface area (Å²) in [6.07, 6.45) is 0. The molecule has 2 heterocycles. The Morgan fingerprint density at radius 1 is 0.370 bits per heavy atom. The Bertz CT molecular complexity index is 2780. The Kier molecular flexibility index (Phi) is 5.31. The van der Waals surface area contributed by atoms with Crippen molar-refractivity contribution >= 4 is 65.2 Å². The maximum absolute atomic E-state index is 3.72. The third-order valence-electron chi connectivity index (χ3n) is 9.72. The highest BCUT2D eigenvalue weighted by Gasteiger charge is 2.20. The highest BCUT2D eigenvalue weighted by molar-refractivity contribution is 6.26. The van der Waals surface area contributed by atoms with Gasteiger partial charge in [0.05, 0.1) is 16.6 Å². The van der Waals surface area contributed by atoms with E-state index in [0.29, 0.717) is 0 Å². The molecule has 46 heavy (non-hydrogen) atoms. The molecular weight excluding hydrogens is 556 g/mol. The van der Waals surface area contributed by atoms with E-state index in [2.05, 4.69) is 173 Å². The maximum atomic E-state index is 3.72. The van der Waals surface area contributed by atoms with Gasteiger partial charge in [0.1, 0.15) is 0 Å². The number of benzene rings is 8. The van der Waals surface area contributed by atoms with Gasteiger partial charge in [0.25, 0.3) is 0 Å². The summed E-state index contributed by atoms with van der Waals surface area (Å²) in [5.41, 5.74) is 10.9. The Morgan fingerprint density at radius 2 is 0.913 bits per heavy atom. The summed E-state index contributed by atoms with van der Waals surface area (Å²) >= 11 is 0. The molecule has 2 nitrogen and oxygen atoms in total. The van der Waals surface area contributed by atoms with Crippen LogP contribution in [0.2, 0.25) is 0 Å². The number of nitrogens with one attached hydrogen (secondary N) is 1. The number of aromatic nitrogens is 2. The van der Waals surface area contributed by atoms with Crippen LogP contribution in [0.1, 0.15) is 0 Å². The number of aromatic amines is 1. The van der Waals surface area contributed by atoms with Crippen molar-refractivity contribution in [3.63, 3.8) is 0 Å². The summed E-state index contributed by atoms with van der Waals surface area (Å²) in [4.78, 5) is 3.72. The predicted octanol–water partition coefficient (Wildman–Crippen LogP) is 12.1. The molecule has 2 heteroatoms. The van der Waals surface area contributed by atoms with Crippen molar-refractivity contribution in [3.8, 4) is 27.9 Å². The van der Waals surface area contributed by atoms with Crippen LogP contribution in [0.3, 0.4) is 0 Å². The molecule has 0 fully saturated rings. The lowest BCUT2D eigenvalue weighted by Crippen LogP contribution is -1.95. The molecule has 0 unspecified atom stereocenters. The van der Waals surface area contributed by atoms with E-state index in [0.717, 1.165) is 5.69 Å². The highest BCUT2D eigenvalue weighted by Crippen LogP contribution is 2.45. The van der Waals surface area contributed by atoms with Crippen LogP contribution in [0.15, 0.2) is 164 Å². The Hall–Kier alpha value is -6.12. The predicted molar refractivity (Wildman–Crippen MR) is 196 cm³/mol. The van der Waals surface area contributed by atoms with Crippen LogP contribution in [0.25, 0.3) is 93.1 Å². The van der Waals surface area contributed by atoms with E-state index < -0.39 is 0 Å². The van der Waals surface area contributed by atoms with Crippen molar-refractivity contribution < 1.29 is 0 Å². The molecule has 0 atom stereocenters. The quantitative estimate of drug-likeness (QED) is 0.213. The second-order valence-electron chi connectivity index (χ2n) is 12.2. The largest absolute Gasteiger partial charge is 0.354 e. The van der Waals surface area contributed by atoms with Gasteiger partial charge in [-0.2, -0.15) is 0 Å². The molecule has 0 saturated heterocycles. The standard InChI is InChI=1S/C44H28N2/c1-2-12-28(13-3-1)29-22-24-30(25-23-29)46-42-21-11-9-17-34(42)40-27-38(32-15-5-7-19-36(32)44(40)46)37-26-39-33-16-8-10-20-41(33)45-43(39)35-18-6-4-14-31(35)37/h1-27,45H. The van der Waals surface area contributed by atoms with E-state index >= 15 is 0 Å². The third kappa shape index (κ3) is 3.59. The SMILES string of the molecule is c1ccc(-c2ccc(-n3c4ccccc4c4cc(-c5cc6c7ccccc7[nH]c6c6ccccc56)c5ccccc5c43)cc2)cc1. The van der Waals surface area contributed by atoms with Gasteiger partial charge >= 0.3 is 0 Å². The molecule has 2 aromatic heterocycles. The van der Waals surface area contributed by atoms with E-state index in [1.807, 2.05) is 0 Å². The third-order valence-corrected chi connectivity index (χ3v) is 9.72. The van der Waals surface area contributed by atoms with Crippen molar-refractivity contribution in [2.24, 2.45) is 0 Å². The Balaban J connectivity index is 1.30. The van der Waals surface area contributed by atoms with Crippen LogP contribution in [0, 0.1) is 0 Å². The molecule has 214 valence electrons. The van der Waals surface area contributed by atoms with Crippen LogP contribution in [-0.2, 0) is 0 Å². The number of rotatable bonds is 3. The normalized spacial score (nSPS) is 11.9. The Morgan fingerprint density at radius 3 is 1.67 bits per heavy atom. The molecule has 0 aliphatic heterocycles. The van der Waals surface area contributed by atoms with Gasteiger partial charge in [-0.25, -0.2) is 0 Å². The van der Waals surface area contributed by atoms with Crippen molar-refractivity contribution in [1.82, 2.24) is 9.55 Å². The van der Waals surface area contributed by atoms with Crippen molar-refractivity contribution in [2.45, 2.75) is 0 Å². The summed E-state index contributed by atoms with van der Waals surface area (Å²) in [6.45, 7) is 0. The minimum atomic E-state index is 1.16. The Labute approximate surface area is 265 Å². The van der Waals surface area contributed by atoms with Gasteiger partial charge in [0.2, 0.25) is 0 Å². The molecule has 1 N–H and O–H groups in total. The molecule has 10 rings (SSSR count). The van der Waals surface area contributed by atoms with Crippen molar-refractivity contribution in [3.05, 3.63) is 164 Å². The first-order chi connectivity index (χ1) is 22.8. The van der Waals surface area contributed by atoms with Gasteiger partial charge < -0.3 is 9.55 Å². The zero-order valence-electron chi connectivity index (χ0n) is 25.0. The first kappa shape index (κ1) is 25.2. The van der Waals surface area contributed by atoms with Gasteiger partial charge in [0.15, 0.2) is 0 Å². The van der Waals surface area contributed by atoms with Crippen LogP contribution in [0.4, 0.5) is 0 Å². The van der Waals surface area contributed by atoms with E-state index in [-0.39, 0.29) is 0 Å². The molecule has 0 saturated carbocycles. The van der Waals surface area contributed by atoms with Crippen LogP contribution in [-0.4, -0.2) is 9.55 Å². The van der Waals surface area contributed by atoms with Gasteiger partial charge in [-0.15, -0.1) is 0 Å². The maximum Gasteiger partial charge on any atom is 0.0619 e. The van der Waals surface area contributed by atoms with Crippen LogP contribution in [0.5, 0.6) is 0 Å². The molecular formula is C44H28N2. The minimum Gasteiger partial charge on any atom is -0.354 e. The summed E-state index contributed by atoms with van der Waals surface area (Å²) in [7, 11) is 0. The van der Waals surface area contributed by atoms with E-state index in [4.69, 9.17) is 0 Å². The summed E-state index contributed by atoms with van der Waals surface area (Å²) < 4.78 is 2.45. The van der Waals surface area contributed by atoms with Gasteiger partial charge in [0, 0.05) is 43.5 Å². The molecule has 10 aromatic rings. The van der Waals surface area contributed by atoms with Gasteiger partial charge in [-0.1, -0.05) is 127 Å². The molecule has 0 bridgehead atoms. The monoisotopic (exact) mass is 584 g/mol. The van der Waals surface area contributed by atoms with Crippen molar-refractivity contribution in [2.75, 3.05) is 0 Å². The van der Waals surface area contributed by atoms with Crippen LogP contribution >= 0.6 is 0 Å². The second kappa shape index (κ2) is 9.69. The van der Waals surface area contributed by atoms with E-state index in [1.165, 1.54) is 87.4 Å². The second-order valence-corrected chi connectivity index (χ2v) is 12.2. The van der Waals surface area contributed by atoms with E-state index in [9.17, 15) is 0 Å². The van der Waals surface area contributed by atoms with Gasteiger partial charge in [-0.05, 0) is 69.4 Å². The fourth-order valence-electron chi connectivity index (χ4n) is 7.65. The van der Waals surface area contributed by atoms with Gasteiger partial charge in [-0.3, -0.25) is 0 Å². The average molecular weight is 585 g/mol. The molecule has 0 aliphatic rings. The summed E-state index contributed by atoms with van der Waals surface area (Å²) in [5, 5.41) is 10.0. The number of para-hydroxylation sites is 2. The minimum absolute atomic E-state index is 1.16. The highest BCUT2D eigenvalue weighted by atomic mass is 15.0. The molecule has 0 amide bonds. The zero-order chi connectivity index (χ0) is 30.2. The summed E-state index contributed by atoms with van der Waals surface area (Å²) in [6, 6.07) is 59.7. The molecule has 0 spiro atoms.